The lowest BCUT2D eigenvalue weighted by atomic mass is 10.1. The Kier molecular flexibility index (Phi) is 4.46. The molecular weight excluding hydrogens is 218 g/mol. The Morgan fingerprint density at radius 2 is 2.35 bits per heavy atom. The Bertz CT molecular complexity index is 422. The lowest BCUT2D eigenvalue weighted by molar-refractivity contribution is -0.140. The van der Waals surface area contributed by atoms with Gasteiger partial charge >= 0.3 is 5.97 Å². The van der Waals surface area contributed by atoms with Crippen LogP contribution in [-0.4, -0.2) is 29.1 Å². The van der Waals surface area contributed by atoms with Crippen LogP contribution < -0.4 is 4.90 Å². The number of nitrogens with zero attached hydrogens (tertiary/aromatic N) is 3. The van der Waals surface area contributed by atoms with Crippen molar-refractivity contribution in [1.82, 2.24) is 4.98 Å². The van der Waals surface area contributed by atoms with Gasteiger partial charge in [0.05, 0.1) is 11.5 Å². The third-order valence-electron chi connectivity index (χ3n) is 2.50. The minimum Gasteiger partial charge on any atom is -0.481 e. The highest BCUT2D eigenvalue weighted by Gasteiger charge is 2.16. The van der Waals surface area contributed by atoms with Crippen LogP contribution in [0.15, 0.2) is 18.3 Å². The van der Waals surface area contributed by atoms with E-state index in [1.807, 2.05) is 17.9 Å². The van der Waals surface area contributed by atoms with Crippen molar-refractivity contribution in [2.45, 2.75) is 13.8 Å². The molecule has 1 rings (SSSR count). The Morgan fingerprint density at radius 3 is 2.76 bits per heavy atom. The van der Waals surface area contributed by atoms with E-state index < -0.39 is 11.9 Å². The molecule has 5 nitrogen and oxygen atoms in total. The van der Waals surface area contributed by atoms with Crippen LogP contribution in [0.3, 0.4) is 0 Å². The molecule has 0 fully saturated rings. The highest BCUT2D eigenvalue weighted by molar-refractivity contribution is 5.70. The molecule has 0 saturated heterocycles. The molecule has 1 aromatic rings. The maximum absolute atomic E-state index is 10.8. The summed E-state index contributed by atoms with van der Waals surface area (Å²) in [6.45, 7) is 4.68. The largest absolute Gasteiger partial charge is 0.481 e. The molecule has 1 N–H and O–H groups in total. The van der Waals surface area contributed by atoms with Crippen molar-refractivity contribution >= 4 is 11.8 Å². The summed E-state index contributed by atoms with van der Waals surface area (Å²) < 4.78 is 0. The number of carbonyl (C=O) groups is 1. The van der Waals surface area contributed by atoms with E-state index >= 15 is 0 Å². The van der Waals surface area contributed by atoms with Gasteiger partial charge in [-0.2, -0.15) is 5.26 Å². The van der Waals surface area contributed by atoms with Gasteiger partial charge in [0.1, 0.15) is 11.9 Å². The molecule has 0 spiro atoms. The third kappa shape index (κ3) is 3.45. The van der Waals surface area contributed by atoms with Gasteiger partial charge in [0.2, 0.25) is 0 Å². The van der Waals surface area contributed by atoms with Crippen molar-refractivity contribution in [2.75, 3.05) is 18.0 Å². The molecule has 17 heavy (non-hydrogen) atoms. The molecule has 5 heteroatoms. The first kappa shape index (κ1) is 13.0. The highest BCUT2D eigenvalue weighted by atomic mass is 16.4. The summed E-state index contributed by atoms with van der Waals surface area (Å²) in [5.41, 5.74) is 0.496. The molecule has 0 aliphatic rings. The SMILES string of the molecule is CCN(CC(C)C(=O)O)c1ccc(C#N)cn1. The number of anilines is 1. The summed E-state index contributed by atoms with van der Waals surface area (Å²) in [5.74, 6) is -0.580. The van der Waals surface area contributed by atoms with Crippen LogP contribution in [0.25, 0.3) is 0 Å². The van der Waals surface area contributed by atoms with Crippen LogP contribution in [0.5, 0.6) is 0 Å². The van der Waals surface area contributed by atoms with Gasteiger partial charge in [0, 0.05) is 19.3 Å². The van der Waals surface area contributed by atoms with Gasteiger partial charge in [0.25, 0.3) is 0 Å². The number of rotatable bonds is 5. The van der Waals surface area contributed by atoms with Crippen molar-refractivity contribution < 1.29 is 9.90 Å². The number of nitriles is 1. The molecule has 90 valence electrons. The van der Waals surface area contributed by atoms with Crippen LogP contribution in [0.4, 0.5) is 5.82 Å². The average molecular weight is 233 g/mol. The predicted molar refractivity (Wildman–Crippen MR) is 63.6 cm³/mol. The standard InChI is InChI=1S/C12H15N3O2/c1-3-15(8-9(2)12(16)17)11-5-4-10(6-13)7-14-11/h4-5,7,9H,3,8H2,1-2H3,(H,16,17). The van der Waals surface area contributed by atoms with Crippen molar-refractivity contribution in [1.29, 1.82) is 5.26 Å². The zero-order valence-electron chi connectivity index (χ0n) is 9.92. The zero-order valence-corrected chi connectivity index (χ0v) is 9.92. The molecule has 1 aromatic heterocycles. The number of aromatic nitrogens is 1. The Hall–Kier alpha value is -2.09. The second-order valence-corrected chi connectivity index (χ2v) is 3.79. The summed E-state index contributed by atoms with van der Waals surface area (Å²) in [6, 6.07) is 5.40. The third-order valence-corrected chi connectivity index (χ3v) is 2.50. The fraction of sp³-hybridized carbons (Fsp3) is 0.417. The Morgan fingerprint density at radius 1 is 1.65 bits per heavy atom. The average Bonchev–Trinajstić information content (AvgIpc) is 2.35. The van der Waals surface area contributed by atoms with Crippen LogP contribution in [0.2, 0.25) is 0 Å². The molecular formula is C12H15N3O2. The van der Waals surface area contributed by atoms with E-state index in [2.05, 4.69) is 4.98 Å². The van der Waals surface area contributed by atoms with E-state index in [1.165, 1.54) is 6.20 Å². The van der Waals surface area contributed by atoms with E-state index in [4.69, 9.17) is 10.4 Å². The van der Waals surface area contributed by atoms with E-state index in [0.29, 0.717) is 24.5 Å². The van der Waals surface area contributed by atoms with Crippen LogP contribution in [-0.2, 0) is 4.79 Å². The van der Waals surface area contributed by atoms with Crippen molar-refractivity contribution in [3.8, 4) is 6.07 Å². The molecule has 1 atom stereocenters. The first-order valence-electron chi connectivity index (χ1n) is 5.42. The number of hydrogen-bond donors (Lipinski definition) is 1. The Labute approximate surface area is 100 Å². The number of carboxylic acids is 1. The van der Waals surface area contributed by atoms with E-state index in [9.17, 15) is 4.79 Å². The van der Waals surface area contributed by atoms with Crippen LogP contribution >= 0.6 is 0 Å². The van der Waals surface area contributed by atoms with Crippen LogP contribution in [0.1, 0.15) is 19.4 Å². The first-order valence-corrected chi connectivity index (χ1v) is 5.42. The predicted octanol–water partition coefficient (Wildman–Crippen LogP) is 1.50. The zero-order chi connectivity index (χ0) is 12.8. The molecule has 1 unspecified atom stereocenters. The number of pyridine rings is 1. The van der Waals surface area contributed by atoms with E-state index in [0.717, 1.165) is 0 Å². The first-order chi connectivity index (χ1) is 8.08. The van der Waals surface area contributed by atoms with Gasteiger partial charge in [-0.1, -0.05) is 6.92 Å². The van der Waals surface area contributed by atoms with E-state index in [-0.39, 0.29) is 0 Å². The fourth-order valence-electron chi connectivity index (χ4n) is 1.43. The van der Waals surface area contributed by atoms with Gasteiger partial charge in [0.15, 0.2) is 0 Å². The lowest BCUT2D eigenvalue weighted by Crippen LogP contribution is -2.32. The lowest BCUT2D eigenvalue weighted by Gasteiger charge is -2.23. The minimum absolute atomic E-state index is 0.407. The van der Waals surface area contributed by atoms with Gasteiger partial charge in [-0.25, -0.2) is 4.98 Å². The van der Waals surface area contributed by atoms with Crippen molar-refractivity contribution in [3.05, 3.63) is 23.9 Å². The van der Waals surface area contributed by atoms with Crippen LogP contribution in [0, 0.1) is 17.2 Å². The van der Waals surface area contributed by atoms with Crippen molar-refractivity contribution in [3.63, 3.8) is 0 Å². The number of aliphatic carboxylic acids is 1. The topological polar surface area (TPSA) is 77.2 Å². The number of hydrogen-bond acceptors (Lipinski definition) is 4. The molecule has 0 bridgehead atoms. The summed E-state index contributed by atoms with van der Waals surface area (Å²) in [4.78, 5) is 16.8. The molecule has 0 aromatic carbocycles. The second kappa shape index (κ2) is 5.85. The summed E-state index contributed by atoms with van der Waals surface area (Å²) in [7, 11) is 0. The second-order valence-electron chi connectivity index (χ2n) is 3.79. The normalized spacial score (nSPS) is 11.6. The number of carboxylic acid groups (broad SMARTS) is 1. The quantitative estimate of drug-likeness (QED) is 0.833. The molecule has 0 aliphatic carbocycles. The molecule has 0 saturated carbocycles. The highest BCUT2D eigenvalue weighted by Crippen LogP contribution is 2.13. The Balaban J connectivity index is 2.79. The fourth-order valence-corrected chi connectivity index (χ4v) is 1.43. The minimum atomic E-state index is -0.822. The van der Waals surface area contributed by atoms with Crippen molar-refractivity contribution in [2.24, 2.45) is 5.92 Å². The van der Waals surface area contributed by atoms with Gasteiger partial charge in [-0.3, -0.25) is 4.79 Å². The van der Waals surface area contributed by atoms with Gasteiger partial charge in [-0.05, 0) is 19.1 Å². The van der Waals surface area contributed by atoms with E-state index in [1.54, 1.807) is 19.1 Å². The summed E-state index contributed by atoms with van der Waals surface area (Å²) in [6.07, 6.45) is 1.49. The molecule has 0 amide bonds. The smallest absolute Gasteiger partial charge is 0.308 e. The molecule has 0 aliphatic heterocycles. The molecule has 0 radical (unpaired) electrons. The summed E-state index contributed by atoms with van der Waals surface area (Å²) in [5, 5.41) is 17.5. The van der Waals surface area contributed by atoms with Gasteiger partial charge in [-0.15, -0.1) is 0 Å². The maximum Gasteiger partial charge on any atom is 0.308 e. The summed E-state index contributed by atoms with van der Waals surface area (Å²) >= 11 is 0. The van der Waals surface area contributed by atoms with Gasteiger partial charge < -0.3 is 10.0 Å². The monoisotopic (exact) mass is 233 g/mol. The molecule has 1 heterocycles. The maximum atomic E-state index is 10.8.